The molecule has 1 heterocycles. The van der Waals surface area contributed by atoms with Crippen molar-refractivity contribution in [2.75, 3.05) is 13.2 Å². The third kappa shape index (κ3) is 6.27. The summed E-state index contributed by atoms with van der Waals surface area (Å²) in [5, 5.41) is 0. The lowest BCUT2D eigenvalue weighted by Crippen LogP contribution is -2.07. The van der Waals surface area contributed by atoms with Gasteiger partial charge in [-0.25, -0.2) is 9.79 Å². The van der Waals surface area contributed by atoms with Gasteiger partial charge in [-0.05, 0) is 19.9 Å². The molecule has 0 saturated carbocycles. The Morgan fingerprint density at radius 3 is 1.90 bits per heavy atom. The van der Waals surface area contributed by atoms with Crippen molar-refractivity contribution in [3.63, 3.8) is 0 Å². The number of ether oxygens (including phenoxy) is 2. The molecule has 5 nitrogen and oxygen atoms in total. The number of carbonyl (C=O) groups excluding carboxylic acids is 1. The van der Waals surface area contributed by atoms with Gasteiger partial charge in [-0.2, -0.15) is 4.98 Å². The number of nitrogens with zero attached hydrogens (tertiary/aromatic N) is 2. The second-order valence-corrected chi connectivity index (χ2v) is 5.90. The van der Waals surface area contributed by atoms with Crippen molar-refractivity contribution in [2.45, 2.75) is 27.7 Å². The quantitative estimate of drug-likeness (QED) is 0.366. The molecule has 0 unspecified atom stereocenters. The van der Waals surface area contributed by atoms with Crippen LogP contribution in [0, 0.1) is 0 Å². The average Bonchev–Trinajstić information content (AvgIpc) is 2.80. The second-order valence-electron chi connectivity index (χ2n) is 5.90. The van der Waals surface area contributed by atoms with E-state index in [2.05, 4.69) is 4.98 Å². The van der Waals surface area contributed by atoms with Gasteiger partial charge in [-0.3, -0.25) is 0 Å². The third-order valence-electron chi connectivity index (χ3n) is 3.91. The fourth-order valence-corrected chi connectivity index (χ4v) is 2.70. The van der Waals surface area contributed by atoms with Crippen molar-refractivity contribution in [3.8, 4) is 5.88 Å². The van der Waals surface area contributed by atoms with Crippen LogP contribution in [0.1, 0.15) is 49.2 Å². The van der Waals surface area contributed by atoms with Crippen LogP contribution in [0.15, 0.2) is 77.8 Å². The maximum absolute atomic E-state index is 12.2. The zero-order valence-electron chi connectivity index (χ0n) is 18.0. The van der Waals surface area contributed by atoms with E-state index in [-0.39, 0.29) is 0 Å². The summed E-state index contributed by atoms with van der Waals surface area (Å²) in [6.07, 6.45) is 0. The summed E-state index contributed by atoms with van der Waals surface area (Å²) in [6, 6.07) is 22.9. The first-order valence-corrected chi connectivity index (χ1v) is 10.2. The Hall–Kier alpha value is -3.47. The highest BCUT2D eigenvalue weighted by molar-refractivity contribution is 6.13. The fraction of sp³-hybridized carbons (Fsp3) is 0.240. The molecule has 0 amide bonds. The fourth-order valence-electron chi connectivity index (χ4n) is 2.70. The molecule has 0 radical (unpaired) electrons. The van der Waals surface area contributed by atoms with E-state index < -0.39 is 5.97 Å². The van der Waals surface area contributed by atoms with Crippen molar-refractivity contribution < 1.29 is 14.3 Å². The lowest BCUT2D eigenvalue weighted by atomic mass is 10.0. The van der Waals surface area contributed by atoms with Crippen LogP contribution < -0.4 is 4.74 Å². The molecule has 5 heteroatoms. The zero-order valence-corrected chi connectivity index (χ0v) is 18.0. The predicted molar refractivity (Wildman–Crippen MR) is 121 cm³/mol. The lowest BCUT2D eigenvalue weighted by Gasteiger charge is -2.10. The van der Waals surface area contributed by atoms with Crippen molar-refractivity contribution in [1.29, 1.82) is 0 Å². The van der Waals surface area contributed by atoms with Crippen LogP contribution in [0.25, 0.3) is 0 Å². The van der Waals surface area contributed by atoms with Crippen LogP contribution in [0.2, 0.25) is 0 Å². The molecule has 0 aliphatic carbocycles. The van der Waals surface area contributed by atoms with Crippen molar-refractivity contribution in [2.24, 2.45) is 4.99 Å². The molecular weight excluding hydrogens is 376 g/mol. The van der Waals surface area contributed by atoms with Gasteiger partial charge in [0.1, 0.15) is 0 Å². The van der Waals surface area contributed by atoms with Gasteiger partial charge < -0.3 is 9.47 Å². The molecule has 0 aliphatic heterocycles. The van der Waals surface area contributed by atoms with Crippen molar-refractivity contribution in [3.05, 3.63) is 89.5 Å². The van der Waals surface area contributed by atoms with Gasteiger partial charge in [-0.1, -0.05) is 74.5 Å². The molecule has 0 aliphatic rings. The molecule has 30 heavy (non-hydrogen) atoms. The Kier molecular flexibility index (Phi) is 9.25. The SMILES string of the molecule is CC.CCOC(=O)c1cc(N=C(c2ccccc2)c2ccccc2)nc(OCC)c1. The maximum Gasteiger partial charge on any atom is 0.338 e. The van der Waals surface area contributed by atoms with Gasteiger partial charge in [-0.15, -0.1) is 0 Å². The molecule has 3 rings (SSSR count). The molecule has 3 aromatic rings. The summed E-state index contributed by atoms with van der Waals surface area (Å²) in [6.45, 7) is 8.36. The minimum Gasteiger partial charge on any atom is -0.478 e. The van der Waals surface area contributed by atoms with E-state index in [1.165, 1.54) is 0 Å². The van der Waals surface area contributed by atoms with Gasteiger partial charge >= 0.3 is 5.97 Å². The number of hydrogen-bond donors (Lipinski definition) is 0. The second kappa shape index (κ2) is 12.2. The van der Waals surface area contributed by atoms with Crippen LogP contribution in [0.3, 0.4) is 0 Å². The maximum atomic E-state index is 12.2. The number of hydrogen-bond acceptors (Lipinski definition) is 5. The Bertz CT molecular complexity index is 913. The number of esters is 1. The molecule has 0 bridgehead atoms. The summed E-state index contributed by atoms with van der Waals surface area (Å²) in [5.74, 6) is 0.298. The van der Waals surface area contributed by atoms with E-state index in [1.54, 1.807) is 19.1 Å². The Balaban J connectivity index is 0.00000155. The number of rotatable bonds is 7. The van der Waals surface area contributed by atoms with E-state index >= 15 is 0 Å². The normalized spacial score (nSPS) is 9.73. The monoisotopic (exact) mass is 404 g/mol. The third-order valence-corrected chi connectivity index (χ3v) is 3.91. The van der Waals surface area contributed by atoms with Crippen LogP contribution >= 0.6 is 0 Å². The summed E-state index contributed by atoms with van der Waals surface area (Å²) >= 11 is 0. The lowest BCUT2D eigenvalue weighted by molar-refractivity contribution is 0.0525. The van der Waals surface area contributed by atoms with Gasteiger partial charge in [0.15, 0.2) is 5.82 Å². The highest BCUT2D eigenvalue weighted by Gasteiger charge is 2.13. The first-order valence-electron chi connectivity index (χ1n) is 10.2. The van der Waals surface area contributed by atoms with Gasteiger partial charge in [0.05, 0.1) is 24.5 Å². The van der Waals surface area contributed by atoms with E-state index in [1.807, 2.05) is 81.4 Å². The highest BCUT2D eigenvalue weighted by atomic mass is 16.5. The minimum atomic E-state index is -0.428. The Morgan fingerprint density at radius 2 is 1.40 bits per heavy atom. The number of pyridine rings is 1. The molecule has 0 spiro atoms. The van der Waals surface area contributed by atoms with E-state index in [0.717, 1.165) is 16.8 Å². The largest absolute Gasteiger partial charge is 0.478 e. The molecule has 0 saturated heterocycles. The zero-order chi connectivity index (χ0) is 21.8. The summed E-state index contributed by atoms with van der Waals surface area (Å²) in [4.78, 5) is 21.4. The van der Waals surface area contributed by atoms with Gasteiger partial charge in [0.2, 0.25) is 5.88 Å². The van der Waals surface area contributed by atoms with E-state index in [9.17, 15) is 4.79 Å². The number of aromatic nitrogens is 1. The Labute approximate surface area is 178 Å². The minimum absolute atomic E-state index is 0.295. The highest BCUT2D eigenvalue weighted by Crippen LogP contribution is 2.22. The number of carbonyl (C=O) groups is 1. The molecule has 0 atom stereocenters. The van der Waals surface area contributed by atoms with E-state index in [4.69, 9.17) is 14.5 Å². The molecular formula is C25H28N2O3. The van der Waals surface area contributed by atoms with Crippen molar-refractivity contribution in [1.82, 2.24) is 4.98 Å². The van der Waals surface area contributed by atoms with Gasteiger partial charge in [0.25, 0.3) is 0 Å². The van der Waals surface area contributed by atoms with Gasteiger partial charge in [0, 0.05) is 17.2 Å². The topological polar surface area (TPSA) is 60.8 Å². The first kappa shape index (κ1) is 22.8. The summed E-state index contributed by atoms with van der Waals surface area (Å²) in [5.41, 5.74) is 3.03. The Morgan fingerprint density at radius 1 is 0.833 bits per heavy atom. The summed E-state index contributed by atoms with van der Waals surface area (Å²) in [7, 11) is 0. The summed E-state index contributed by atoms with van der Waals surface area (Å²) < 4.78 is 10.6. The van der Waals surface area contributed by atoms with Crippen LogP contribution in [-0.4, -0.2) is 29.9 Å². The van der Waals surface area contributed by atoms with Crippen LogP contribution in [-0.2, 0) is 4.74 Å². The smallest absolute Gasteiger partial charge is 0.338 e. The predicted octanol–water partition coefficient (Wildman–Crippen LogP) is 5.85. The molecule has 0 N–H and O–H groups in total. The standard InChI is InChI=1S/C23H22N2O3.C2H6/c1-3-27-21-16-19(23(26)28-4-2)15-20(24-21)25-22(17-11-7-5-8-12-17)18-13-9-6-10-14-18;1-2/h5-16H,3-4H2,1-2H3;1-2H3. The number of benzene rings is 2. The van der Waals surface area contributed by atoms with E-state index in [0.29, 0.717) is 30.5 Å². The molecule has 0 fully saturated rings. The van der Waals surface area contributed by atoms with Crippen molar-refractivity contribution >= 4 is 17.5 Å². The number of aliphatic imine (C=N–C) groups is 1. The molecule has 156 valence electrons. The van der Waals surface area contributed by atoms with Crippen LogP contribution in [0.4, 0.5) is 5.82 Å². The molecule has 1 aromatic heterocycles. The molecule has 2 aromatic carbocycles. The average molecular weight is 405 g/mol. The van der Waals surface area contributed by atoms with Crippen LogP contribution in [0.5, 0.6) is 5.88 Å². The first-order chi connectivity index (χ1) is 14.7.